The Balaban J connectivity index is 2.55. The van der Waals surface area contributed by atoms with Gasteiger partial charge in [0.2, 0.25) is 0 Å². The van der Waals surface area contributed by atoms with Crippen molar-refractivity contribution in [2.24, 2.45) is 0 Å². The first-order valence-electron chi connectivity index (χ1n) is 4.37. The fraction of sp³-hybridized carbons (Fsp3) is 0.0833. The van der Waals surface area contributed by atoms with E-state index in [2.05, 4.69) is 30.3 Å². The summed E-state index contributed by atoms with van der Waals surface area (Å²) < 4.78 is 0. The minimum absolute atomic E-state index is 0.727. The molecule has 0 aliphatic heterocycles. The fourth-order valence-corrected chi connectivity index (χ4v) is 1.48. The van der Waals surface area contributed by atoms with Crippen molar-refractivity contribution in [1.29, 1.82) is 5.41 Å². The first-order valence-corrected chi connectivity index (χ1v) is 4.37. The second-order valence-electron chi connectivity index (χ2n) is 3.09. The van der Waals surface area contributed by atoms with Crippen LogP contribution >= 0.6 is 0 Å². The zero-order chi connectivity index (χ0) is 9.10. The van der Waals surface area contributed by atoms with E-state index in [-0.39, 0.29) is 0 Å². The second kappa shape index (κ2) is 3.40. The maximum Gasteiger partial charge on any atom is 0.00716 e. The van der Waals surface area contributed by atoms with E-state index in [1.54, 1.807) is 0 Å². The maximum absolute atomic E-state index is 7.02. The Labute approximate surface area is 77.5 Å². The Morgan fingerprint density at radius 3 is 2.54 bits per heavy atom. The van der Waals surface area contributed by atoms with Crippen molar-refractivity contribution in [2.75, 3.05) is 0 Å². The van der Waals surface area contributed by atoms with Gasteiger partial charge in [-0.25, -0.2) is 0 Å². The van der Waals surface area contributed by atoms with E-state index in [4.69, 9.17) is 5.41 Å². The zero-order valence-corrected chi connectivity index (χ0v) is 7.33. The summed E-state index contributed by atoms with van der Waals surface area (Å²) in [5.41, 5.74) is 1.20. The molecule has 64 valence electrons. The normalized spacial score (nSPS) is 10.2. The molecule has 0 saturated carbocycles. The minimum Gasteiger partial charge on any atom is -0.313 e. The molecule has 0 atom stereocenters. The molecule has 0 aromatic heterocycles. The molecular weight excluding hydrogens is 158 g/mol. The lowest BCUT2D eigenvalue weighted by molar-refractivity contribution is 1.34. The number of benzene rings is 2. The highest BCUT2D eigenvalue weighted by Crippen LogP contribution is 2.15. The Kier molecular flexibility index (Phi) is 2.09. The summed E-state index contributed by atoms with van der Waals surface area (Å²) in [7, 11) is 0. The second-order valence-corrected chi connectivity index (χ2v) is 3.09. The lowest BCUT2D eigenvalue weighted by atomic mass is 10.1. The van der Waals surface area contributed by atoms with Crippen LogP contribution in [-0.4, -0.2) is 6.21 Å². The van der Waals surface area contributed by atoms with Crippen molar-refractivity contribution in [3.05, 3.63) is 48.0 Å². The molecule has 0 spiro atoms. The van der Waals surface area contributed by atoms with Crippen LogP contribution in [0.2, 0.25) is 0 Å². The van der Waals surface area contributed by atoms with Gasteiger partial charge in [0.25, 0.3) is 0 Å². The molecule has 0 heterocycles. The highest BCUT2D eigenvalue weighted by Gasteiger charge is 1.93. The van der Waals surface area contributed by atoms with Crippen molar-refractivity contribution < 1.29 is 0 Å². The van der Waals surface area contributed by atoms with Crippen LogP contribution < -0.4 is 0 Å². The SMILES string of the molecule is N=CCc1ccc2ccccc2c1. The van der Waals surface area contributed by atoms with Gasteiger partial charge in [0.05, 0.1) is 0 Å². The molecule has 0 bridgehead atoms. The van der Waals surface area contributed by atoms with Gasteiger partial charge in [-0.3, -0.25) is 0 Å². The Hall–Kier alpha value is -1.63. The zero-order valence-electron chi connectivity index (χ0n) is 7.33. The number of hydrogen-bond acceptors (Lipinski definition) is 1. The summed E-state index contributed by atoms with van der Waals surface area (Å²) in [6, 6.07) is 14.6. The average molecular weight is 169 g/mol. The van der Waals surface area contributed by atoms with Gasteiger partial charge >= 0.3 is 0 Å². The summed E-state index contributed by atoms with van der Waals surface area (Å²) in [5.74, 6) is 0. The summed E-state index contributed by atoms with van der Waals surface area (Å²) >= 11 is 0. The third-order valence-electron chi connectivity index (χ3n) is 2.15. The number of nitrogens with one attached hydrogen (secondary N) is 1. The molecule has 0 aliphatic rings. The van der Waals surface area contributed by atoms with Gasteiger partial charge in [0.15, 0.2) is 0 Å². The molecule has 0 amide bonds. The molecule has 13 heavy (non-hydrogen) atoms. The average Bonchev–Trinajstić information content (AvgIpc) is 2.18. The molecule has 2 rings (SSSR count). The van der Waals surface area contributed by atoms with Gasteiger partial charge in [0, 0.05) is 6.42 Å². The van der Waals surface area contributed by atoms with Crippen LogP contribution in [0.3, 0.4) is 0 Å². The third-order valence-corrected chi connectivity index (χ3v) is 2.15. The van der Waals surface area contributed by atoms with Crippen molar-refractivity contribution >= 4 is 17.0 Å². The quantitative estimate of drug-likeness (QED) is 0.668. The summed E-state index contributed by atoms with van der Waals surface area (Å²) in [5, 5.41) is 9.54. The maximum atomic E-state index is 7.02. The van der Waals surface area contributed by atoms with Crippen LogP contribution in [0.5, 0.6) is 0 Å². The molecular formula is C12H11N. The largest absolute Gasteiger partial charge is 0.313 e. The van der Waals surface area contributed by atoms with Crippen LogP contribution in [0.1, 0.15) is 5.56 Å². The standard InChI is InChI=1S/C12H11N/c13-8-7-10-5-6-11-3-1-2-4-12(11)9-10/h1-6,8-9,13H,7H2. The molecule has 0 unspecified atom stereocenters. The third kappa shape index (κ3) is 1.59. The van der Waals surface area contributed by atoms with Crippen molar-refractivity contribution in [3.63, 3.8) is 0 Å². The predicted octanol–water partition coefficient (Wildman–Crippen LogP) is 3.03. The van der Waals surface area contributed by atoms with Crippen LogP contribution in [0.25, 0.3) is 10.8 Å². The van der Waals surface area contributed by atoms with E-state index >= 15 is 0 Å². The van der Waals surface area contributed by atoms with Gasteiger partial charge in [-0.15, -0.1) is 0 Å². The van der Waals surface area contributed by atoms with Gasteiger partial charge in [-0.05, 0) is 22.6 Å². The van der Waals surface area contributed by atoms with Gasteiger partial charge < -0.3 is 5.41 Å². The molecule has 1 N–H and O–H groups in total. The lowest BCUT2D eigenvalue weighted by Gasteiger charge is -1.99. The van der Waals surface area contributed by atoms with Gasteiger partial charge in [-0.2, -0.15) is 0 Å². The van der Waals surface area contributed by atoms with Crippen LogP contribution in [0.15, 0.2) is 42.5 Å². The first kappa shape index (κ1) is 7.99. The van der Waals surface area contributed by atoms with Crippen LogP contribution in [-0.2, 0) is 6.42 Å². The Bertz CT molecular complexity index is 432. The summed E-state index contributed by atoms with van der Waals surface area (Å²) in [6.07, 6.45) is 2.16. The number of rotatable bonds is 2. The molecule has 1 nitrogen and oxygen atoms in total. The highest BCUT2D eigenvalue weighted by atomic mass is 14.3. The Morgan fingerprint density at radius 1 is 1.00 bits per heavy atom. The van der Waals surface area contributed by atoms with Crippen LogP contribution in [0.4, 0.5) is 0 Å². The minimum atomic E-state index is 0.727. The van der Waals surface area contributed by atoms with Crippen molar-refractivity contribution in [2.45, 2.75) is 6.42 Å². The van der Waals surface area contributed by atoms with Gasteiger partial charge in [-0.1, -0.05) is 42.5 Å². The van der Waals surface area contributed by atoms with E-state index in [9.17, 15) is 0 Å². The fourth-order valence-electron chi connectivity index (χ4n) is 1.48. The molecule has 2 aromatic rings. The van der Waals surface area contributed by atoms with E-state index in [0.717, 1.165) is 6.42 Å². The monoisotopic (exact) mass is 169 g/mol. The predicted molar refractivity (Wildman–Crippen MR) is 56.4 cm³/mol. The van der Waals surface area contributed by atoms with Crippen molar-refractivity contribution in [1.82, 2.24) is 0 Å². The summed E-state index contributed by atoms with van der Waals surface area (Å²) in [4.78, 5) is 0. The van der Waals surface area contributed by atoms with E-state index < -0.39 is 0 Å². The molecule has 1 heteroatoms. The van der Waals surface area contributed by atoms with E-state index in [0.29, 0.717) is 0 Å². The Morgan fingerprint density at radius 2 is 1.77 bits per heavy atom. The van der Waals surface area contributed by atoms with E-state index in [1.807, 2.05) is 12.1 Å². The smallest absolute Gasteiger partial charge is 0.00716 e. The highest BCUT2D eigenvalue weighted by molar-refractivity contribution is 5.83. The lowest BCUT2D eigenvalue weighted by Crippen LogP contribution is -1.84. The van der Waals surface area contributed by atoms with Crippen molar-refractivity contribution in [3.8, 4) is 0 Å². The molecule has 0 fully saturated rings. The molecule has 2 aromatic carbocycles. The van der Waals surface area contributed by atoms with Gasteiger partial charge in [0.1, 0.15) is 0 Å². The number of hydrogen-bond donors (Lipinski definition) is 1. The topological polar surface area (TPSA) is 23.9 Å². The first-order chi connectivity index (χ1) is 6.40. The molecule has 0 radical (unpaired) electrons. The number of fused-ring (bicyclic) bond motifs is 1. The van der Waals surface area contributed by atoms with Crippen LogP contribution in [0, 0.1) is 5.41 Å². The van der Waals surface area contributed by atoms with E-state index in [1.165, 1.54) is 22.6 Å². The molecule has 0 saturated heterocycles. The summed E-state index contributed by atoms with van der Waals surface area (Å²) in [6.45, 7) is 0. The molecule has 0 aliphatic carbocycles.